The lowest BCUT2D eigenvalue weighted by atomic mass is 9.89. The molecule has 0 radical (unpaired) electrons. The molecule has 0 aromatic heterocycles. The summed E-state index contributed by atoms with van der Waals surface area (Å²) >= 11 is 0. The van der Waals surface area contributed by atoms with E-state index in [2.05, 4.69) is 15.2 Å². The lowest BCUT2D eigenvalue weighted by Crippen LogP contribution is -2.43. The zero-order valence-corrected chi connectivity index (χ0v) is 14.9. The van der Waals surface area contributed by atoms with Crippen LogP contribution < -0.4 is 11.1 Å². The first kappa shape index (κ1) is 17.4. The van der Waals surface area contributed by atoms with Crippen LogP contribution in [0.5, 0.6) is 0 Å². The van der Waals surface area contributed by atoms with Crippen LogP contribution >= 0.6 is 0 Å². The molecule has 6 heteroatoms. The average Bonchev–Trinajstić information content (AvgIpc) is 2.64. The van der Waals surface area contributed by atoms with Gasteiger partial charge >= 0.3 is 0 Å². The first-order valence-electron chi connectivity index (χ1n) is 8.73. The Bertz CT molecular complexity index is 943. The van der Waals surface area contributed by atoms with Gasteiger partial charge in [0.2, 0.25) is 0 Å². The van der Waals surface area contributed by atoms with Crippen LogP contribution in [-0.2, 0) is 0 Å². The van der Waals surface area contributed by atoms with Crippen LogP contribution in [-0.4, -0.2) is 31.0 Å². The van der Waals surface area contributed by atoms with E-state index in [0.29, 0.717) is 5.96 Å². The summed E-state index contributed by atoms with van der Waals surface area (Å²) in [5.74, 6) is -0.213. The summed E-state index contributed by atoms with van der Waals surface area (Å²) in [6.07, 6.45) is 2.03. The third-order valence-corrected chi connectivity index (χ3v) is 4.77. The molecule has 0 saturated heterocycles. The van der Waals surface area contributed by atoms with Crippen molar-refractivity contribution < 1.29 is 8.78 Å². The predicted octanol–water partition coefficient (Wildman–Crippen LogP) is 3.21. The summed E-state index contributed by atoms with van der Waals surface area (Å²) in [6.45, 7) is 1.45. The Labute approximate surface area is 156 Å². The van der Waals surface area contributed by atoms with Crippen LogP contribution in [0.4, 0.5) is 8.78 Å². The van der Waals surface area contributed by atoms with Gasteiger partial charge in [-0.25, -0.2) is 13.8 Å². The van der Waals surface area contributed by atoms with E-state index in [4.69, 9.17) is 5.73 Å². The van der Waals surface area contributed by atoms with Crippen LogP contribution in [0.1, 0.15) is 17.2 Å². The molecule has 0 fully saturated rings. The Balaban J connectivity index is 1.78. The van der Waals surface area contributed by atoms with Crippen molar-refractivity contribution in [1.82, 2.24) is 10.2 Å². The number of rotatable bonds is 2. The van der Waals surface area contributed by atoms with Crippen molar-refractivity contribution >= 4 is 12.0 Å². The second-order valence-corrected chi connectivity index (χ2v) is 6.89. The fraction of sp³-hybridized carbons (Fsp3) is 0.190. The molecule has 4 nitrogen and oxygen atoms in total. The molecule has 1 unspecified atom stereocenters. The van der Waals surface area contributed by atoms with E-state index in [0.717, 1.165) is 41.1 Å². The summed E-state index contributed by atoms with van der Waals surface area (Å²) in [4.78, 5) is 6.74. The van der Waals surface area contributed by atoms with Gasteiger partial charge in [0.05, 0.1) is 0 Å². The van der Waals surface area contributed by atoms with Crippen molar-refractivity contribution in [3.05, 3.63) is 88.1 Å². The summed E-state index contributed by atoms with van der Waals surface area (Å²) in [5.41, 5.74) is 10.9. The molecular weight excluding hydrogens is 346 g/mol. The quantitative estimate of drug-likeness (QED) is 0.858. The number of aliphatic imine (C=N–C) groups is 1. The lowest BCUT2D eigenvalue weighted by molar-refractivity contribution is 0.368. The molecule has 2 aliphatic heterocycles. The number of nitrogens with zero attached hydrogens (tertiary/aromatic N) is 2. The molecular formula is C21H20F2N4. The maximum absolute atomic E-state index is 13.3. The first-order chi connectivity index (χ1) is 13.0. The van der Waals surface area contributed by atoms with Crippen molar-refractivity contribution in [2.75, 3.05) is 20.1 Å². The minimum Gasteiger partial charge on any atom is -0.370 e. The van der Waals surface area contributed by atoms with Crippen LogP contribution in [0.15, 0.2) is 70.4 Å². The van der Waals surface area contributed by atoms with Crippen LogP contribution in [0.25, 0.3) is 6.08 Å². The maximum atomic E-state index is 13.3. The molecule has 4 rings (SSSR count). The van der Waals surface area contributed by atoms with Gasteiger partial charge in [0, 0.05) is 18.8 Å². The van der Waals surface area contributed by atoms with E-state index in [9.17, 15) is 8.78 Å². The lowest BCUT2D eigenvalue weighted by Gasteiger charge is -2.36. The van der Waals surface area contributed by atoms with Crippen molar-refractivity contribution in [3.63, 3.8) is 0 Å². The SMILES string of the molecule is CN1CC2=C(NC(N)=NC2c2ccc(F)cc2)/C(=C/c2ccc(F)cc2)C1. The van der Waals surface area contributed by atoms with E-state index in [1.165, 1.54) is 24.3 Å². The number of hydrogen-bond donors (Lipinski definition) is 2. The van der Waals surface area contributed by atoms with E-state index in [1.807, 2.05) is 13.1 Å². The number of guanidine groups is 1. The van der Waals surface area contributed by atoms with E-state index in [1.54, 1.807) is 24.3 Å². The van der Waals surface area contributed by atoms with Crippen LogP contribution in [0.2, 0.25) is 0 Å². The zero-order valence-electron chi connectivity index (χ0n) is 14.9. The van der Waals surface area contributed by atoms with Crippen molar-refractivity contribution in [3.8, 4) is 0 Å². The number of nitrogens with one attached hydrogen (secondary N) is 1. The first-order valence-corrected chi connectivity index (χ1v) is 8.73. The van der Waals surface area contributed by atoms with E-state index < -0.39 is 0 Å². The standard InChI is InChI=1S/C21H20F2N4/c1-27-11-15(10-13-2-6-16(22)7-3-13)20-18(12-27)19(25-21(24)26-20)14-4-8-17(23)9-5-14/h2-10,19H,11-12H2,1H3,(H3,24,25,26)/b15-10+. The van der Waals surface area contributed by atoms with Crippen LogP contribution in [0.3, 0.4) is 0 Å². The van der Waals surface area contributed by atoms with Crippen molar-refractivity contribution in [2.24, 2.45) is 10.7 Å². The van der Waals surface area contributed by atoms with Gasteiger partial charge in [0.1, 0.15) is 17.7 Å². The smallest absolute Gasteiger partial charge is 0.194 e. The van der Waals surface area contributed by atoms with Gasteiger partial charge in [-0.2, -0.15) is 0 Å². The Kier molecular flexibility index (Phi) is 4.49. The highest BCUT2D eigenvalue weighted by atomic mass is 19.1. The van der Waals surface area contributed by atoms with Crippen molar-refractivity contribution in [1.29, 1.82) is 0 Å². The molecule has 0 bridgehead atoms. The molecule has 0 aliphatic carbocycles. The van der Waals surface area contributed by atoms with Gasteiger partial charge < -0.3 is 11.1 Å². The molecule has 2 heterocycles. The molecule has 3 N–H and O–H groups in total. The number of hydrogen-bond acceptors (Lipinski definition) is 4. The maximum Gasteiger partial charge on any atom is 0.194 e. The highest BCUT2D eigenvalue weighted by Crippen LogP contribution is 2.36. The molecule has 2 aliphatic rings. The van der Waals surface area contributed by atoms with Crippen LogP contribution in [0, 0.1) is 11.6 Å². The Hall–Kier alpha value is -2.99. The van der Waals surface area contributed by atoms with Crippen molar-refractivity contribution in [2.45, 2.75) is 6.04 Å². The molecule has 1 atom stereocenters. The topological polar surface area (TPSA) is 53.6 Å². The van der Waals surface area contributed by atoms with Gasteiger partial charge in [-0.3, -0.25) is 4.90 Å². The van der Waals surface area contributed by atoms with Gasteiger partial charge in [0.15, 0.2) is 5.96 Å². The third kappa shape index (κ3) is 3.61. The predicted molar refractivity (Wildman–Crippen MR) is 103 cm³/mol. The zero-order chi connectivity index (χ0) is 19.0. The Morgan fingerprint density at radius 2 is 1.67 bits per heavy atom. The normalized spacial score (nSPS) is 21.7. The van der Waals surface area contributed by atoms with Gasteiger partial charge in [0.25, 0.3) is 0 Å². The second kappa shape index (κ2) is 6.96. The number of likely N-dealkylation sites (N-methyl/N-ethyl adjacent to an activating group) is 1. The van der Waals surface area contributed by atoms with Gasteiger partial charge in [-0.15, -0.1) is 0 Å². The second-order valence-electron chi connectivity index (χ2n) is 6.89. The molecule has 0 amide bonds. The minimum absolute atomic E-state index is 0.263. The minimum atomic E-state index is -0.281. The number of benzene rings is 2. The molecule has 27 heavy (non-hydrogen) atoms. The number of nitrogens with two attached hydrogens (primary N) is 1. The van der Waals surface area contributed by atoms with Gasteiger partial charge in [-0.05, 0) is 59.7 Å². The summed E-state index contributed by atoms with van der Waals surface area (Å²) in [6, 6.07) is 12.5. The summed E-state index contributed by atoms with van der Waals surface area (Å²) in [5, 5.41) is 3.20. The fourth-order valence-electron chi connectivity index (χ4n) is 3.56. The molecule has 0 saturated carbocycles. The monoisotopic (exact) mass is 366 g/mol. The van der Waals surface area contributed by atoms with Gasteiger partial charge in [-0.1, -0.05) is 24.3 Å². The third-order valence-electron chi connectivity index (χ3n) is 4.77. The summed E-state index contributed by atoms with van der Waals surface area (Å²) < 4.78 is 26.5. The fourth-order valence-corrected chi connectivity index (χ4v) is 3.56. The highest BCUT2D eigenvalue weighted by Gasteiger charge is 2.31. The molecule has 0 spiro atoms. The number of halogens is 2. The molecule has 2 aromatic rings. The summed E-state index contributed by atoms with van der Waals surface area (Å²) in [7, 11) is 2.03. The molecule has 2 aromatic carbocycles. The average molecular weight is 366 g/mol. The van der Waals surface area contributed by atoms with E-state index in [-0.39, 0.29) is 17.7 Å². The Morgan fingerprint density at radius 3 is 2.33 bits per heavy atom. The Morgan fingerprint density at radius 1 is 1.04 bits per heavy atom. The van der Waals surface area contributed by atoms with E-state index >= 15 is 0 Å². The molecule has 138 valence electrons. The highest BCUT2D eigenvalue weighted by molar-refractivity contribution is 5.84. The largest absolute Gasteiger partial charge is 0.370 e.